The molecule has 2 heterocycles. The van der Waals surface area contributed by atoms with E-state index in [1.165, 1.54) is 0 Å². The number of alkyl halides is 1. The monoisotopic (exact) mass is 281 g/mol. The van der Waals surface area contributed by atoms with E-state index in [1.54, 1.807) is 19.3 Å². The highest BCUT2D eigenvalue weighted by Gasteiger charge is 2.12. The fourth-order valence-electron chi connectivity index (χ4n) is 1.99. The zero-order chi connectivity index (χ0) is 13.7. The molecule has 0 spiro atoms. The number of ether oxygens (including phenoxy) is 1. The minimum Gasteiger partial charge on any atom is -0.466 e. The summed E-state index contributed by atoms with van der Waals surface area (Å²) in [4.78, 5) is 20.0. The van der Waals surface area contributed by atoms with E-state index in [4.69, 9.17) is 16.3 Å². The number of imidazole rings is 1. The Kier molecular flexibility index (Phi) is 4.74. The first-order valence-electron chi connectivity index (χ1n) is 6.27. The van der Waals surface area contributed by atoms with Gasteiger partial charge in [-0.3, -0.25) is 9.78 Å². The molecule has 0 aliphatic heterocycles. The average molecular weight is 282 g/mol. The number of fused-ring (bicyclic) bond motifs is 1. The highest BCUT2D eigenvalue weighted by atomic mass is 35.5. The van der Waals surface area contributed by atoms with Crippen LogP contribution in [-0.4, -0.2) is 33.0 Å². The van der Waals surface area contributed by atoms with Crippen molar-refractivity contribution in [3.8, 4) is 0 Å². The third-order valence-electron chi connectivity index (χ3n) is 2.79. The van der Waals surface area contributed by atoms with Gasteiger partial charge in [0.1, 0.15) is 11.3 Å². The lowest BCUT2D eigenvalue weighted by atomic mass is 10.3. The molecule has 0 unspecified atom stereocenters. The highest BCUT2D eigenvalue weighted by Crippen LogP contribution is 2.16. The molecular formula is C13H16ClN3O2. The molecule has 0 bridgehead atoms. The van der Waals surface area contributed by atoms with Gasteiger partial charge in [0.05, 0.1) is 24.7 Å². The van der Waals surface area contributed by atoms with Crippen molar-refractivity contribution in [1.29, 1.82) is 0 Å². The molecule has 0 saturated carbocycles. The van der Waals surface area contributed by atoms with Crippen LogP contribution in [0.15, 0.2) is 18.5 Å². The molecule has 0 amide bonds. The average Bonchev–Trinajstić information content (AvgIpc) is 2.75. The van der Waals surface area contributed by atoms with E-state index in [0.29, 0.717) is 31.9 Å². The third kappa shape index (κ3) is 3.23. The van der Waals surface area contributed by atoms with E-state index in [2.05, 4.69) is 9.97 Å². The van der Waals surface area contributed by atoms with Gasteiger partial charge in [-0.1, -0.05) is 0 Å². The standard InChI is InChI=1S/C13H16ClN3O2/c1-2-19-13(18)5-8-17-11-4-7-15-9-10(11)16-12(17)3-6-14/h4,7,9H,2-3,5-6,8H2,1H3. The molecule has 0 N–H and O–H groups in total. The van der Waals surface area contributed by atoms with E-state index in [1.807, 2.05) is 10.6 Å². The fourth-order valence-corrected chi connectivity index (χ4v) is 2.16. The lowest BCUT2D eigenvalue weighted by Crippen LogP contribution is -2.11. The molecule has 0 atom stereocenters. The number of rotatable bonds is 6. The largest absolute Gasteiger partial charge is 0.466 e. The molecule has 2 aromatic heterocycles. The van der Waals surface area contributed by atoms with E-state index < -0.39 is 0 Å². The maximum atomic E-state index is 11.4. The summed E-state index contributed by atoms with van der Waals surface area (Å²) >= 11 is 5.79. The van der Waals surface area contributed by atoms with Crippen molar-refractivity contribution >= 4 is 28.6 Å². The fraction of sp³-hybridized carbons (Fsp3) is 0.462. The molecule has 0 saturated heterocycles. The van der Waals surface area contributed by atoms with Gasteiger partial charge in [0.2, 0.25) is 0 Å². The summed E-state index contributed by atoms with van der Waals surface area (Å²) in [6.45, 7) is 2.75. The number of nitrogens with zero attached hydrogens (tertiary/aromatic N) is 3. The van der Waals surface area contributed by atoms with Gasteiger partial charge in [-0.2, -0.15) is 0 Å². The number of esters is 1. The van der Waals surface area contributed by atoms with Crippen molar-refractivity contribution in [1.82, 2.24) is 14.5 Å². The van der Waals surface area contributed by atoms with Gasteiger partial charge in [0.25, 0.3) is 0 Å². The second-order valence-electron chi connectivity index (χ2n) is 4.04. The number of aromatic nitrogens is 3. The van der Waals surface area contributed by atoms with Gasteiger partial charge in [-0.25, -0.2) is 4.98 Å². The molecule has 5 nitrogen and oxygen atoms in total. The van der Waals surface area contributed by atoms with Crippen molar-refractivity contribution in [3.63, 3.8) is 0 Å². The van der Waals surface area contributed by atoms with Crippen molar-refractivity contribution in [2.24, 2.45) is 0 Å². The van der Waals surface area contributed by atoms with Crippen LogP contribution in [0.25, 0.3) is 11.0 Å². The van der Waals surface area contributed by atoms with Crippen molar-refractivity contribution in [2.45, 2.75) is 26.3 Å². The number of pyridine rings is 1. The van der Waals surface area contributed by atoms with Crippen LogP contribution in [0, 0.1) is 0 Å². The zero-order valence-electron chi connectivity index (χ0n) is 10.8. The van der Waals surface area contributed by atoms with Gasteiger partial charge < -0.3 is 9.30 Å². The van der Waals surface area contributed by atoms with Gasteiger partial charge in [-0.15, -0.1) is 11.6 Å². The summed E-state index contributed by atoms with van der Waals surface area (Å²) in [5.41, 5.74) is 1.80. The van der Waals surface area contributed by atoms with Gasteiger partial charge in [0, 0.05) is 25.0 Å². The Morgan fingerprint density at radius 3 is 3.11 bits per heavy atom. The van der Waals surface area contributed by atoms with Crippen molar-refractivity contribution in [2.75, 3.05) is 12.5 Å². The quantitative estimate of drug-likeness (QED) is 0.601. The van der Waals surface area contributed by atoms with Gasteiger partial charge >= 0.3 is 5.97 Å². The lowest BCUT2D eigenvalue weighted by Gasteiger charge is -2.08. The smallest absolute Gasteiger partial charge is 0.307 e. The van der Waals surface area contributed by atoms with Crippen molar-refractivity contribution in [3.05, 3.63) is 24.3 Å². The summed E-state index contributed by atoms with van der Waals surface area (Å²) < 4.78 is 6.95. The summed E-state index contributed by atoms with van der Waals surface area (Å²) in [6, 6.07) is 1.89. The summed E-state index contributed by atoms with van der Waals surface area (Å²) in [6.07, 6.45) is 4.43. The van der Waals surface area contributed by atoms with E-state index in [0.717, 1.165) is 16.9 Å². The molecule has 19 heavy (non-hydrogen) atoms. The van der Waals surface area contributed by atoms with E-state index >= 15 is 0 Å². The number of carbonyl (C=O) groups is 1. The maximum absolute atomic E-state index is 11.4. The van der Waals surface area contributed by atoms with Crippen LogP contribution in [-0.2, 0) is 22.5 Å². The molecule has 2 rings (SSSR count). The Morgan fingerprint density at radius 2 is 2.37 bits per heavy atom. The van der Waals surface area contributed by atoms with E-state index in [9.17, 15) is 4.79 Å². The van der Waals surface area contributed by atoms with Crippen LogP contribution in [0.5, 0.6) is 0 Å². The molecular weight excluding hydrogens is 266 g/mol. The minimum atomic E-state index is -0.199. The Bertz CT molecular complexity index is 568. The number of hydrogen-bond donors (Lipinski definition) is 0. The van der Waals surface area contributed by atoms with Crippen LogP contribution in [0.4, 0.5) is 0 Å². The Balaban J connectivity index is 2.23. The molecule has 0 aliphatic carbocycles. The van der Waals surface area contributed by atoms with Crippen LogP contribution in [0.1, 0.15) is 19.2 Å². The molecule has 0 fully saturated rings. The molecule has 0 radical (unpaired) electrons. The number of aryl methyl sites for hydroxylation is 2. The first-order chi connectivity index (χ1) is 9.26. The predicted molar refractivity (Wildman–Crippen MR) is 73.2 cm³/mol. The lowest BCUT2D eigenvalue weighted by molar-refractivity contribution is -0.143. The SMILES string of the molecule is CCOC(=O)CCn1c(CCCl)nc2cnccc21. The van der Waals surface area contributed by atoms with Gasteiger partial charge in [-0.05, 0) is 13.0 Å². The van der Waals surface area contributed by atoms with E-state index in [-0.39, 0.29) is 5.97 Å². The minimum absolute atomic E-state index is 0.199. The van der Waals surface area contributed by atoms with Crippen LogP contribution in [0.3, 0.4) is 0 Å². The van der Waals surface area contributed by atoms with Crippen LogP contribution >= 0.6 is 11.6 Å². The summed E-state index contributed by atoms with van der Waals surface area (Å²) in [7, 11) is 0. The maximum Gasteiger partial charge on any atom is 0.307 e. The Hall–Kier alpha value is -1.62. The topological polar surface area (TPSA) is 57.0 Å². The Labute approximate surface area is 116 Å². The normalized spacial score (nSPS) is 10.8. The zero-order valence-corrected chi connectivity index (χ0v) is 11.6. The molecule has 6 heteroatoms. The second kappa shape index (κ2) is 6.52. The van der Waals surface area contributed by atoms with Gasteiger partial charge in [0.15, 0.2) is 0 Å². The predicted octanol–water partition coefficient (Wildman–Crippen LogP) is 2.17. The molecule has 2 aromatic rings. The molecule has 0 aromatic carbocycles. The summed E-state index contributed by atoms with van der Waals surface area (Å²) in [5.74, 6) is 1.17. The number of halogens is 1. The highest BCUT2D eigenvalue weighted by molar-refractivity contribution is 6.17. The third-order valence-corrected chi connectivity index (χ3v) is 2.98. The van der Waals surface area contributed by atoms with Crippen molar-refractivity contribution < 1.29 is 9.53 Å². The summed E-state index contributed by atoms with van der Waals surface area (Å²) in [5, 5.41) is 0. The second-order valence-corrected chi connectivity index (χ2v) is 4.42. The first kappa shape index (κ1) is 13.8. The van der Waals surface area contributed by atoms with Crippen LogP contribution in [0.2, 0.25) is 0 Å². The Morgan fingerprint density at radius 1 is 1.53 bits per heavy atom. The number of hydrogen-bond acceptors (Lipinski definition) is 4. The molecule has 102 valence electrons. The molecule has 0 aliphatic rings. The first-order valence-corrected chi connectivity index (χ1v) is 6.80. The number of carbonyl (C=O) groups excluding carboxylic acids is 1. The van der Waals surface area contributed by atoms with Crippen LogP contribution < -0.4 is 0 Å².